The zero-order chi connectivity index (χ0) is 17.8. The fourth-order valence-electron chi connectivity index (χ4n) is 3.48. The highest BCUT2D eigenvalue weighted by Gasteiger charge is 2.44. The summed E-state index contributed by atoms with van der Waals surface area (Å²) in [6.45, 7) is 2.12. The number of esters is 1. The molecule has 3 rings (SSSR count). The molecule has 0 saturated carbocycles. The molecular formula is C20H21NO4. The van der Waals surface area contributed by atoms with Crippen LogP contribution in [0.15, 0.2) is 54.6 Å². The second-order valence-electron chi connectivity index (χ2n) is 5.87. The van der Waals surface area contributed by atoms with E-state index in [1.54, 1.807) is 11.8 Å². The number of ether oxygens (including phenoxy) is 2. The van der Waals surface area contributed by atoms with Crippen molar-refractivity contribution < 1.29 is 19.1 Å². The van der Waals surface area contributed by atoms with Gasteiger partial charge < -0.3 is 9.47 Å². The molecule has 130 valence electrons. The maximum atomic E-state index is 12.5. The molecule has 2 atom stereocenters. The third-order valence-corrected chi connectivity index (χ3v) is 4.46. The molecule has 0 bridgehead atoms. The number of hydrogen-bond donors (Lipinski definition) is 0. The van der Waals surface area contributed by atoms with Crippen molar-refractivity contribution in [3.05, 3.63) is 65.7 Å². The SMILES string of the molecule is CCOC(=O)CC1c2ccccc2N(C(=O)OC)C1c1ccccc1. The van der Waals surface area contributed by atoms with Gasteiger partial charge in [0.05, 0.1) is 31.9 Å². The first-order valence-electron chi connectivity index (χ1n) is 8.34. The standard InChI is InChI=1S/C20H21NO4/c1-3-25-18(22)13-16-15-11-7-8-12-17(15)21(20(23)24-2)19(16)14-9-5-4-6-10-14/h4-12,16,19H,3,13H2,1-2H3. The lowest BCUT2D eigenvalue weighted by Gasteiger charge is -2.28. The van der Waals surface area contributed by atoms with Gasteiger partial charge in [0.15, 0.2) is 0 Å². The first-order chi connectivity index (χ1) is 12.2. The van der Waals surface area contributed by atoms with Crippen LogP contribution in [0.1, 0.15) is 36.4 Å². The number of anilines is 1. The summed E-state index contributed by atoms with van der Waals surface area (Å²) >= 11 is 0. The highest BCUT2D eigenvalue weighted by atomic mass is 16.5. The highest BCUT2D eigenvalue weighted by molar-refractivity contribution is 5.92. The van der Waals surface area contributed by atoms with E-state index in [0.29, 0.717) is 6.61 Å². The van der Waals surface area contributed by atoms with Crippen LogP contribution in [0.25, 0.3) is 0 Å². The van der Waals surface area contributed by atoms with Gasteiger partial charge in [-0.05, 0) is 24.1 Å². The van der Waals surface area contributed by atoms with E-state index >= 15 is 0 Å². The van der Waals surface area contributed by atoms with Gasteiger partial charge in [-0.25, -0.2) is 4.79 Å². The summed E-state index contributed by atoms with van der Waals surface area (Å²) < 4.78 is 10.2. The molecule has 0 N–H and O–H groups in total. The molecule has 0 saturated heterocycles. The minimum atomic E-state index is -0.437. The van der Waals surface area contributed by atoms with Crippen LogP contribution in [0.4, 0.5) is 10.5 Å². The Morgan fingerprint density at radius 3 is 2.40 bits per heavy atom. The van der Waals surface area contributed by atoms with Crippen LogP contribution in [0.3, 0.4) is 0 Å². The van der Waals surface area contributed by atoms with Gasteiger partial charge in [-0.3, -0.25) is 9.69 Å². The van der Waals surface area contributed by atoms with Crippen molar-refractivity contribution >= 4 is 17.7 Å². The molecular weight excluding hydrogens is 318 g/mol. The average Bonchev–Trinajstić information content (AvgIpc) is 2.96. The quantitative estimate of drug-likeness (QED) is 0.789. The first kappa shape index (κ1) is 17.0. The topological polar surface area (TPSA) is 55.8 Å². The summed E-state index contributed by atoms with van der Waals surface area (Å²) in [6.07, 6.45) is -0.231. The van der Waals surface area contributed by atoms with Crippen LogP contribution in [0.2, 0.25) is 0 Å². The van der Waals surface area contributed by atoms with Crippen LogP contribution in [0.5, 0.6) is 0 Å². The number of fused-ring (bicyclic) bond motifs is 1. The number of amides is 1. The van der Waals surface area contributed by atoms with Crippen molar-refractivity contribution in [2.45, 2.75) is 25.3 Å². The van der Waals surface area contributed by atoms with Crippen LogP contribution < -0.4 is 4.90 Å². The van der Waals surface area contributed by atoms with Crippen molar-refractivity contribution in [1.82, 2.24) is 0 Å². The normalized spacial score (nSPS) is 18.6. The van der Waals surface area contributed by atoms with Crippen LogP contribution in [-0.2, 0) is 14.3 Å². The lowest BCUT2D eigenvalue weighted by atomic mass is 9.87. The van der Waals surface area contributed by atoms with E-state index in [4.69, 9.17) is 9.47 Å². The first-order valence-corrected chi connectivity index (χ1v) is 8.34. The molecule has 1 amide bonds. The van der Waals surface area contributed by atoms with Crippen molar-refractivity contribution in [2.75, 3.05) is 18.6 Å². The van der Waals surface area contributed by atoms with E-state index in [0.717, 1.165) is 16.8 Å². The maximum Gasteiger partial charge on any atom is 0.414 e. The summed E-state index contributed by atoms with van der Waals surface area (Å²) in [5.74, 6) is -0.452. The number of hydrogen-bond acceptors (Lipinski definition) is 4. The van der Waals surface area contributed by atoms with Crippen molar-refractivity contribution in [1.29, 1.82) is 0 Å². The van der Waals surface area contributed by atoms with Gasteiger partial charge in [-0.2, -0.15) is 0 Å². The monoisotopic (exact) mass is 339 g/mol. The number of para-hydroxylation sites is 1. The molecule has 0 aliphatic carbocycles. The minimum absolute atomic E-state index is 0.184. The van der Waals surface area contributed by atoms with Gasteiger partial charge >= 0.3 is 12.1 Å². The maximum absolute atomic E-state index is 12.5. The smallest absolute Gasteiger partial charge is 0.414 e. The fraction of sp³-hybridized carbons (Fsp3) is 0.300. The second kappa shape index (κ2) is 7.38. The van der Waals surface area contributed by atoms with E-state index in [1.807, 2.05) is 54.6 Å². The number of methoxy groups -OCH3 is 1. The largest absolute Gasteiger partial charge is 0.466 e. The Balaban J connectivity index is 2.08. The predicted molar refractivity (Wildman–Crippen MR) is 94.5 cm³/mol. The van der Waals surface area contributed by atoms with Gasteiger partial charge in [0.25, 0.3) is 0 Å². The van der Waals surface area contributed by atoms with Crippen molar-refractivity contribution in [3.8, 4) is 0 Å². The third kappa shape index (κ3) is 3.22. The third-order valence-electron chi connectivity index (χ3n) is 4.46. The summed E-state index contributed by atoms with van der Waals surface area (Å²) in [4.78, 5) is 26.3. The van der Waals surface area contributed by atoms with Gasteiger partial charge in [0.2, 0.25) is 0 Å². The van der Waals surface area contributed by atoms with E-state index in [-0.39, 0.29) is 24.3 Å². The van der Waals surface area contributed by atoms with E-state index in [9.17, 15) is 9.59 Å². The number of carbonyl (C=O) groups is 2. The van der Waals surface area contributed by atoms with Crippen LogP contribution >= 0.6 is 0 Å². The molecule has 1 aliphatic rings. The molecule has 0 spiro atoms. The number of carbonyl (C=O) groups excluding carboxylic acids is 2. The molecule has 2 aromatic carbocycles. The van der Waals surface area contributed by atoms with E-state index in [1.165, 1.54) is 7.11 Å². The average molecular weight is 339 g/mol. The molecule has 0 aromatic heterocycles. The molecule has 5 heteroatoms. The Hall–Kier alpha value is -2.82. The van der Waals surface area contributed by atoms with Gasteiger partial charge in [0, 0.05) is 5.92 Å². The fourth-order valence-corrected chi connectivity index (χ4v) is 3.48. The van der Waals surface area contributed by atoms with Crippen LogP contribution in [0, 0.1) is 0 Å². The number of rotatable bonds is 4. The summed E-state index contributed by atoms with van der Waals surface area (Å²) in [5, 5.41) is 0. The molecule has 0 fully saturated rings. The molecule has 2 aromatic rings. The zero-order valence-electron chi connectivity index (χ0n) is 14.3. The minimum Gasteiger partial charge on any atom is -0.466 e. The Kier molecular flexibility index (Phi) is 5.03. The molecule has 1 heterocycles. The summed E-state index contributed by atoms with van der Waals surface area (Å²) in [5.41, 5.74) is 2.69. The Morgan fingerprint density at radius 1 is 1.04 bits per heavy atom. The van der Waals surface area contributed by atoms with Gasteiger partial charge in [-0.1, -0.05) is 48.5 Å². The molecule has 25 heavy (non-hydrogen) atoms. The molecule has 0 radical (unpaired) electrons. The second-order valence-corrected chi connectivity index (χ2v) is 5.87. The van der Waals surface area contributed by atoms with Crippen molar-refractivity contribution in [2.24, 2.45) is 0 Å². The van der Waals surface area contributed by atoms with Crippen molar-refractivity contribution in [3.63, 3.8) is 0 Å². The Morgan fingerprint density at radius 2 is 1.72 bits per heavy atom. The zero-order valence-corrected chi connectivity index (χ0v) is 14.3. The van der Waals surface area contributed by atoms with Crippen LogP contribution in [-0.4, -0.2) is 25.8 Å². The summed E-state index contributed by atoms with van der Waals surface area (Å²) in [6, 6.07) is 17.0. The lowest BCUT2D eigenvalue weighted by molar-refractivity contribution is -0.143. The Labute approximate surface area is 147 Å². The number of nitrogens with zero attached hydrogens (tertiary/aromatic N) is 1. The summed E-state index contributed by atoms with van der Waals surface area (Å²) in [7, 11) is 1.37. The molecule has 2 unspecified atom stereocenters. The van der Waals surface area contributed by atoms with Gasteiger partial charge in [-0.15, -0.1) is 0 Å². The van der Waals surface area contributed by atoms with Gasteiger partial charge in [0.1, 0.15) is 0 Å². The Bertz CT molecular complexity index is 759. The highest BCUT2D eigenvalue weighted by Crippen LogP contribution is 2.50. The molecule has 5 nitrogen and oxygen atoms in total. The number of benzene rings is 2. The lowest BCUT2D eigenvalue weighted by Crippen LogP contribution is -2.33. The van der Waals surface area contributed by atoms with E-state index < -0.39 is 6.09 Å². The molecule has 1 aliphatic heterocycles. The van der Waals surface area contributed by atoms with E-state index in [2.05, 4.69) is 0 Å². The predicted octanol–water partition coefficient (Wildman–Crippen LogP) is 4.05.